The molecule has 1 heterocycles. The third-order valence-corrected chi connectivity index (χ3v) is 3.67. The summed E-state index contributed by atoms with van der Waals surface area (Å²) in [7, 11) is 4.15. The molecule has 0 aromatic rings. The molecular weight excluding hydrogens is 200 g/mol. The lowest BCUT2D eigenvalue weighted by Crippen LogP contribution is -2.42. The lowest BCUT2D eigenvalue weighted by molar-refractivity contribution is 0.222. The molecule has 2 aliphatic rings. The predicted molar refractivity (Wildman–Crippen MR) is 59.7 cm³/mol. The van der Waals surface area contributed by atoms with E-state index in [1.165, 1.54) is 11.4 Å². The number of rotatable bonds is 0. The van der Waals surface area contributed by atoms with Crippen molar-refractivity contribution < 1.29 is 0 Å². The van der Waals surface area contributed by atoms with Gasteiger partial charge in [0.25, 0.3) is 0 Å². The van der Waals surface area contributed by atoms with Crippen LogP contribution in [0.1, 0.15) is 12.8 Å². The van der Waals surface area contributed by atoms with E-state index in [1.54, 1.807) is 0 Å². The van der Waals surface area contributed by atoms with Crippen molar-refractivity contribution in [2.45, 2.75) is 12.8 Å². The zero-order valence-corrected chi connectivity index (χ0v) is 9.77. The molecule has 0 amide bonds. The van der Waals surface area contributed by atoms with Crippen LogP contribution < -0.4 is 0 Å². The van der Waals surface area contributed by atoms with Crippen molar-refractivity contribution in [3.63, 3.8) is 0 Å². The molecule has 1 aliphatic carbocycles. The van der Waals surface area contributed by atoms with E-state index in [2.05, 4.69) is 36.0 Å². The lowest BCUT2D eigenvalue weighted by atomic mass is 9.80. The molecule has 2 atom stereocenters. The SMILES string of the molecule is CN1CCN(C)C2=C1CC(C#N)C(C#N)C2. The Morgan fingerprint density at radius 1 is 0.938 bits per heavy atom. The number of hydrogen-bond donors (Lipinski definition) is 0. The van der Waals surface area contributed by atoms with Crippen LogP contribution in [0.15, 0.2) is 11.4 Å². The van der Waals surface area contributed by atoms with Gasteiger partial charge in [-0.2, -0.15) is 10.5 Å². The van der Waals surface area contributed by atoms with Crippen molar-refractivity contribution in [1.82, 2.24) is 9.80 Å². The molecule has 0 saturated heterocycles. The average molecular weight is 216 g/mol. The summed E-state index contributed by atoms with van der Waals surface area (Å²) in [6.07, 6.45) is 1.45. The van der Waals surface area contributed by atoms with Crippen molar-refractivity contribution in [2.24, 2.45) is 11.8 Å². The van der Waals surface area contributed by atoms with Gasteiger partial charge in [-0.15, -0.1) is 0 Å². The van der Waals surface area contributed by atoms with E-state index < -0.39 is 0 Å². The van der Waals surface area contributed by atoms with Crippen molar-refractivity contribution >= 4 is 0 Å². The third kappa shape index (κ3) is 1.61. The predicted octanol–water partition coefficient (Wildman–Crippen LogP) is 1.15. The fraction of sp³-hybridized carbons (Fsp3) is 0.667. The largest absolute Gasteiger partial charge is 0.375 e. The number of nitrogens with zero attached hydrogens (tertiary/aromatic N) is 4. The first-order valence-electron chi connectivity index (χ1n) is 5.61. The van der Waals surface area contributed by atoms with Gasteiger partial charge in [-0.25, -0.2) is 0 Å². The minimum atomic E-state index is -0.141. The first-order chi connectivity index (χ1) is 7.67. The van der Waals surface area contributed by atoms with Gasteiger partial charge in [-0.05, 0) is 0 Å². The average Bonchev–Trinajstić information content (AvgIpc) is 2.32. The maximum Gasteiger partial charge on any atom is 0.0680 e. The highest BCUT2D eigenvalue weighted by atomic mass is 15.2. The molecule has 84 valence electrons. The van der Waals surface area contributed by atoms with E-state index in [1.807, 2.05) is 0 Å². The summed E-state index contributed by atoms with van der Waals surface area (Å²) < 4.78 is 0. The van der Waals surface area contributed by atoms with Crippen molar-refractivity contribution in [1.29, 1.82) is 10.5 Å². The van der Waals surface area contributed by atoms with Crippen molar-refractivity contribution in [3.8, 4) is 12.1 Å². The van der Waals surface area contributed by atoms with Crippen LogP contribution in [0.5, 0.6) is 0 Å². The van der Waals surface area contributed by atoms with Crippen LogP contribution in [-0.2, 0) is 0 Å². The van der Waals surface area contributed by atoms with E-state index in [-0.39, 0.29) is 11.8 Å². The molecule has 0 aromatic heterocycles. The summed E-state index contributed by atoms with van der Waals surface area (Å²) >= 11 is 0. The van der Waals surface area contributed by atoms with Crippen molar-refractivity contribution in [3.05, 3.63) is 11.4 Å². The summed E-state index contributed by atoms with van der Waals surface area (Å²) in [6, 6.07) is 4.54. The van der Waals surface area contributed by atoms with E-state index in [0.717, 1.165) is 25.9 Å². The molecule has 4 heteroatoms. The summed E-state index contributed by atoms with van der Waals surface area (Å²) in [5.41, 5.74) is 2.51. The molecule has 16 heavy (non-hydrogen) atoms. The molecule has 2 rings (SSSR count). The zero-order valence-electron chi connectivity index (χ0n) is 9.77. The van der Waals surface area contributed by atoms with Crippen LogP contribution in [0, 0.1) is 34.5 Å². The second kappa shape index (κ2) is 4.06. The summed E-state index contributed by atoms with van der Waals surface area (Å²) in [5, 5.41) is 18.2. The van der Waals surface area contributed by atoms with E-state index in [9.17, 15) is 0 Å². The van der Waals surface area contributed by atoms with Gasteiger partial charge in [0.05, 0.1) is 24.0 Å². The lowest BCUT2D eigenvalue weighted by Gasteiger charge is -2.41. The second-order valence-corrected chi connectivity index (χ2v) is 4.62. The maximum absolute atomic E-state index is 9.08. The Morgan fingerprint density at radius 3 is 1.62 bits per heavy atom. The first-order valence-corrected chi connectivity index (χ1v) is 5.61. The molecule has 0 spiro atoms. The second-order valence-electron chi connectivity index (χ2n) is 4.62. The molecule has 1 aliphatic heterocycles. The van der Waals surface area contributed by atoms with Gasteiger partial charge in [0.15, 0.2) is 0 Å². The molecular formula is C12H16N4. The molecule has 0 aromatic carbocycles. The Kier molecular flexibility index (Phi) is 2.75. The highest BCUT2D eigenvalue weighted by Gasteiger charge is 2.34. The molecule has 0 radical (unpaired) electrons. The molecule has 0 saturated carbocycles. The van der Waals surface area contributed by atoms with Crippen LogP contribution in [-0.4, -0.2) is 37.0 Å². The molecule has 4 nitrogen and oxygen atoms in total. The van der Waals surface area contributed by atoms with Crippen LogP contribution in [0.4, 0.5) is 0 Å². The van der Waals surface area contributed by atoms with Gasteiger partial charge in [0.2, 0.25) is 0 Å². The zero-order chi connectivity index (χ0) is 11.7. The minimum absolute atomic E-state index is 0.141. The van der Waals surface area contributed by atoms with Gasteiger partial charge < -0.3 is 9.80 Å². The third-order valence-electron chi connectivity index (χ3n) is 3.67. The molecule has 0 N–H and O–H groups in total. The molecule has 0 bridgehead atoms. The van der Waals surface area contributed by atoms with Crippen LogP contribution in [0.3, 0.4) is 0 Å². The van der Waals surface area contributed by atoms with Gasteiger partial charge in [-0.3, -0.25) is 0 Å². The fourth-order valence-corrected chi connectivity index (χ4v) is 2.53. The van der Waals surface area contributed by atoms with Gasteiger partial charge in [0, 0.05) is 51.4 Å². The monoisotopic (exact) mass is 216 g/mol. The fourth-order valence-electron chi connectivity index (χ4n) is 2.53. The van der Waals surface area contributed by atoms with Crippen LogP contribution in [0.25, 0.3) is 0 Å². The van der Waals surface area contributed by atoms with E-state index in [0.29, 0.717) is 0 Å². The normalized spacial score (nSPS) is 29.5. The summed E-state index contributed by atoms with van der Waals surface area (Å²) in [4.78, 5) is 4.46. The standard InChI is InChI=1S/C12H16N4/c1-15-3-4-16(2)12-6-10(8-14)9(7-13)5-11(12)15/h9-10H,3-6H2,1-2H3. The number of nitriles is 2. The highest BCUT2D eigenvalue weighted by Crippen LogP contribution is 2.37. The quantitative estimate of drug-likeness (QED) is 0.609. The number of hydrogen-bond acceptors (Lipinski definition) is 4. The Balaban J connectivity index is 2.33. The maximum atomic E-state index is 9.08. The van der Waals surface area contributed by atoms with Crippen molar-refractivity contribution in [2.75, 3.05) is 27.2 Å². The Morgan fingerprint density at radius 2 is 1.31 bits per heavy atom. The molecule has 2 unspecified atom stereocenters. The summed E-state index contributed by atoms with van der Waals surface area (Å²) in [5.74, 6) is -0.282. The first kappa shape index (κ1) is 10.8. The summed E-state index contributed by atoms with van der Waals surface area (Å²) in [6.45, 7) is 2.01. The van der Waals surface area contributed by atoms with Gasteiger partial charge in [-0.1, -0.05) is 0 Å². The molecule has 0 fully saturated rings. The highest BCUT2D eigenvalue weighted by molar-refractivity contribution is 5.24. The Labute approximate surface area is 96.4 Å². The topological polar surface area (TPSA) is 54.1 Å². The smallest absolute Gasteiger partial charge is 0.0680 e. The number of allylic oxidation sites excluding steroid dienone is 2. The Hall–Kier alpha value is -1.68. The number of likely N-dealkylation sites (N-methyl/N-ethyl adjacent to an activating group) is 2. The van der Waals surface area contributed by atoms with Gasteiger partial charge >= 0.3 is 0 Å². The minimum Gasteiger partial charge on any atom is -0.375 e. The van der Waals surface area contributed by atoms with E-state index in [4.69, 9.17) is 10.5 Å². The van der Waals surface area contributed by atoms with Crippen LogP contribution in [0.2, 0.25) is 0 Å². The van der Waals surface area contributed by atoms with Crippen LogP contribution >= 0.6 is 0 Å². The van der Waals surface area contributed by atoms with E-state index >= 15 is 0 Å². The Bertz CT molecular complexity index is 360. The van der Waals surface area contributed by atoms with Gasteiger partial charge in [0.1, 0.15) is 0 Å².